The van der Waals surface area contributed by atoms with E-state index in [1.54, 1.807) is 19.2 Å². The van der Waals surface area contributed by atoms with Gasteiger partial charge in [-0.3, -0.25) is 4.98 Å². The molecule has 0 spiro atoms. The van der Waals surface area contributed by atoms with Crippen molar-refractivity contribution in [3.05, 3.63) is 65.2 Å². The largest absolute Gasteiger partial charge is 0.310 e. The van der Waals surface area contributed by atoms with Gasteiger partial charge in [-0.25, -0.2) is 4.39 Å². The summed E-state index contributed by atoms with van der Waals surface area (Å²) in [6, 6.07) is 11.4. The Balaban J connectivity index is 1.87. The predicted octanol–water partition coefficient (Wildman–Crippen LogP) is 3.42. The van der Waals surface area contributed by atoms with Crippen LogP contribution in [-0.4, -0.2) is 11.5 Å². The smallest absolute Gasteiger partial charge is 0.126 e. The van der Waals surface area contributed by atoms with Crippen LogP contribution in [0.25, 0.3) is 0 Å². The minimum atomic E-state index is -0.143. The van der Waals surface area contributed by atoms with Gasteiger partial charge in [-0.2, -0.15) is 0 Å². The SMILES string of the molecule is Cc1ccc(C(C)NCCc2ccccn2)cc1F. The number of hydrogen-bond donors (Lipinski definition) is 1. The van der Waals surface area contributed by atoms with E-state index in [0.717, 1.165) is 24.2 Å². The molecule has 3 heteroatoms. The molecule has 0 radical (unpaired) electrons. The molecule has 0 bridgehead atoms. The highest BCUT2D eigenvalue weighted by Gasteiger charge is 2.07. The first-order valence-corrected chi connectivity index (χ1v) is 6.56. The summed E-state index contributed by atoms with van der Waals surface area (Å²) in [7, 11) is 0. The number of nitrogens with one attached hydrogen (secondary N) is 1. The third kappa shape index (κ3) is 3.86. The number of aryl methyl sites for hydroxylation is 1. The Morgan fingerprint density at radius 2 is 2.11 bits per heavy atom. The Bertz CT molecular complexity index is 526. The zero-order valence-corrected chi connectivity index (χ0v) is 11.4. The van der Waals surface area contributed by atoms with Crippen molar-refractivity contribution in [3.63, 3.8) is 0 Å². The van der Waals surface area contributed by atoms with Crippen LogP contribution in [0.3, 0.4) is 0 Å². The van der Waals surface area contributed by atoms with Crippen LogP contribution in [0.5, 0.6) is 0 Å². The summed E-state index contributed by atoms with van der Waals surface area (Å²) < 4.78 is 13.5. The Kier molecular flexibility index (Phi) is 4.63. The molecule has 100 valence electrons. The molecule has 0 aliphatic rings. The molecular formula is C16H19FN2. The fourth-order valence-corrected chi connectivity index (χ4v) is 1.96. The van der Waals surface area contributed by atoms with Crippen LogP contribution in [0.15, 0.2) is 42.6 Å². The lowest BCUT2D eigenvalue weighted by molar-refractivity contribution is 0.563. The molecule has 1 unspecified atom stereocenters. The van der Waals surface area contributed by atoms with Gasteiger partial charge >= 0.3 is 0 Å². The second-order valence-electron chi connectivity index (χ2n) is 4.76. The number of hydrogen-bond acceptors (Lipinski definition) is 2. The standard InChI is InChI=1S/C16H19FN2/c1-12-6-7-14(11-16(12)17)13(2)18-10-8-15-5-3-4-9-19-15/h3-7,9,11,13,18H,8,10H2,1-2H3. The van der Waals surface area contributed by atoms with Crippen molar-refractivity contribution in [1.82, 2.24) is 10.3 Å². The monoisotopic (exact) mass is 258 g/mol. The molecule has 1 aromatic heterocycles. The van der Waals surface area contributed by atoms with Crippen molar-refractivity contribution in [2.45, 2.75) is 26.3 Å². The molecule has 0 saturated carbocycles. The summed E-state index contributed by atoms with van der Waals surface area (Å²) in [5.41, 5.74) is 2.73. The van der Waals surface area contributed by atoms with Gasteiger partial charge in [0.05, 0.1) is 0 Å². The van der Waals surface area contributed by atoms with Crippen LogP contribution in [0.2, 0.25) is 0 Å². The highest BCUT2D eigenvalue weighted by Crippen LogP contribution is 2.16. The molecule has 2 nitrogen and oxygen atoms in total. The average molecular weight is 258 g/mol. The summed E-state index contributed by atoms with van der Waals surface area (Å²) in [6.45, 7) is 4.65. The lowest BCUT2D eigenvalue weighted by Gasteiger charge is -2.14. The van der Waals surface area contributed by atoms with Gasteiger partial charge in [0, 0.05) is 30.9 Å². The van der Waals surface area contributed by atoms with E-state index in [4.69, 9.17) is 0 Å². The Labute approximate surface area is 113 Å². The van der Waals surface area contributed by atoms with E-state index >= 15 is 0 Å². The lowest BCUT2D eigenvalue weighted by atomic mass is 10.1. The number of halogens is 1. The van der Waals surface area contributed by atoms with E-state index in [9.17, 15) is 4.39 Å². The molecule has 0 aliphatic carbocycles. The van der Waals surface area contributed by atoms with E-state index in [1.807, 2.05) is 37.3 Å². The van der Waals surface area contributed by atoms with Crippen molar-refractivity contribution in [2.24, 2.45) is 0 Å². The van der Waals surface area contributed by atoms with Gasteiger partial charge in [0.25, 0.3) is 0 Å². The maximum Gasteiger partial charge on any atom is 0.126 e. The average Bonchev–Trinajstić information content (AvgIpc) is 2.43. The molecule has 19 heavy (non-hydrogen) atoms. The maximum absolute atomic E-state index is 13.5. The molecule has 0 amide bonds. The number of rotatable bonds is 5. The maximum atomic E-state index is 13.5. The highest BCUT2D eigenvalue weighted by atomic mass is 19.1. The van der Waals surface area contributed by atoms with Gasteiger partial charge < -0.3 is 5.32 Å². The van der Waals surface area contributed by atoms with Crippen molar-refractivity contribution in [1.29, 1.82) is 0 Å². The first-order valence-electron chi connectivity index (χ1n) is 6.56. The molecule has 0 fully saturated rings. The summed E-state index contributed by atoms with van der Waals surface area (Å²) in [4.78, 5) is 4.27. The van der Waals surface area contributed by atoms with E-state index in [0.29, 0.717) is 5.56 Å². The normalized spacial score (nSPS) is 12.4. The fourth-order valence-electron chi connectivity index (χ4n) is 1.96. The van der Waals surface area contributed by atoms with Gasteiger partial charge in [-0.15, -0.1) is 0 Å². The van der Waals surface area contributed by atoms with Crippen LogP contribution in [0.1, 0.15) is 29.8 Å². The van der Waals surface area contributed by atoms with Gasteiger partial charge in [0.1, 0.15) is 5.82 Å². The van der Waals surface area contributed by atoms with Crippen molar-refractivity contribution in [3.8, 4) is 0 Å². The summed E-state index contributed by atoms with van der Waals surface area (Å²) in [6.07, 6.45) is 2.67. The lowest BCUT2D eigenvalue weighted by Crippen LogP contribution is -2.21. The quantitative estimate of drug-likeness (QED) is 0.888. The Morgan fingerprint density at radius 3 is 2.79 bits per heavy atom. The zero-order valence-electron chi connectivity index (χ0n) is 11.4. The summed E-state index contributed by atoms with van der Waals surface area (Å²) >= 11 is 0. The molecule has 2 aromatic rings. The number of pyridine rings is 1. The van der Waals surface area contributed by atoms with Crippen LogP contribution in [0.4, 0.5) is 4.39 Å². The molecule has 0 aliphatic heterocycles. The predicted molar refractivity (Wildman–Crippen MR) is 75.5 cm³/mol. The van der Waals surface area contributed by atoms with Crippen LogP contribution in [-0.2, 0) is 6.42 Å². The van der Waals surface area contributed by atoms with Crippen molar-refractivity contribution >= 4 is 0 Å². The number of nitrogens with zero attached hydrogens (tertiary/aromatic N) is 1. The molecule has 1 atom stereocenters. The summed E-state index contributed by atoms with van der Waals surface area (Å²) in [5.74, 6) is -0.143. The third-order valence-electron chi connectivity index (χ3n) is 3.25. The van der Waals surface area contributed by atoms with E-state index in [-0.39, 0.29) is 11.9 Å². The Hall–Kier alpha value is -1.74. The van der Waals surface area contributed by atoms with Gasteiger partial charge in [0.2, 0.25) is 0 Å². The van der Waals surface area contributed by atoms with Gasteiger partial charge in [-0.1, -0.05) is 18.2 Å². The topological polar surface area (TPSA) is 24.9 Å². The third-order valence-corrected chi connectivity index (χ3v) is 3.25. The first kappa shape index (κ1) is 13.7. The second-order valence-corrected chi connectivity index (χ2v) is 4.76. The van der Waals surface area contributed by atoms with Crippen LogP contribution in [0, 0.1) is 12.7 Å². The number of benzene rings is 1. The van der Waals surface area contributed by atoms with Crippen molar-refractivity contribution < 1.29 is 4.39 Å². The minimum Gasteiger partial charge on any atom is -0.310 e. The van der Waals surface area contributed by atoms with E-state index < -0.39 is 0 Å². The zero-order chi connectivity index (χ0) is 13.7. The second kappa shape index (κ2) is 6.43. The van der Waals surface area contributed by atoms with Gasteiger partial charge in [-0.05, 0) is 43.2 Å². The van der Waals surface area contributed by atoms with Crippen LogP contribution < -0.4 is 5.32 Å². The first-order chi connectivity index (χ1) is 9.16. The fraction of sp³-hybridized carbons (Fsp3) is 0.312. The summed E-state index contributed by atoms with van der Waals surface area (Å²) in [5, 5.41) is 3.39. The van der Waals surface area contributed by atoms with Crippen molar-refractivity contribution in [2.75, 3.05) is 6.54 Å². The molecule has 1 N–H and O–H groups in total. The van der Waals surface area contributed by atoms with E-state index in [2.05, 4.69) is 10.3 Å². The number of aromatic nitrogens is 1. The molecule has 1 heterocycles. The molecule has 0 saturated heterocycles. The molecule has 1 aromatic carbocycles. The minimum absolute atomic E-state index is 0.138. The van der Waals surface area contributed by atoms with E-state index in [1.165, 1.54) is 0 Å². The molecule has 2 rings (SSSR count). The highest BCUT2D eigenvalue weighted by molar-refractivity contribution is 5.25. The van der Waals surface area contributed by atoms with Gasteiger partial charge in [0.15, 0.2) is 0 Å². The Morgan fingerprint density at radius 1 is 1.26 bits per heavy atom. The molecular weight excluding hydrogens is 239 g/mol. The van der Waals surface area contributed by atoms with Crippen LogP contribution >= 0.6 is 0 Å².